The lowest BCUT2D eigenvalue weighted by atomic mass is 10.2. The molecule has 108 valence electrons. The molecule has 0 aromatic carbocycles. The molecule has 1 aliphatic rings. The van der Waals surface area contributed by atoms with Gasteiger partial charge in [0.1, 0.15) is 5.39 Å². The summed E-state index contributed by atoms with van der Waals surface area (Å²) in [6.45, 7) is 1.67. The lowest BCUT2D eigenvalue weighted by molar-refractivity contribution is 0.491. The van der Waals surface area contributed by atoms with Crippen molar-refractivity contribution in [3.63, 3.8) is 0 Å². The molecule has 1 N–H and O–H groups in total. The highest BCUT2D eigenvalue weighted by Gasteiger charge is 2.13. The Labute approximate surface area is 117 Å². The molecule has 0 bridgehead atoms. The van der Waals surface area contributed by atoms with Crippen LogP contribution in [0.4, 0.5) is 0 Å². The van der Waals surface area contributed by atoms with E-state index in [0.717, 1.165) is 13.0 Å². The Hall–Kier alpha value is -1.69. The molecule has 1 aliphatic carbocycles. The van der Waals surface area contributed by atoms with Crippen molar-refractivity contribution in [2.45, 2.75) is 44.7 Å². The normalized spacial score (nSPS) is 16.2. The van der Waals surface area contributed by atoms with Crippen LogP contribution >= 0.6 is 0 Å². The zero-order valence-electron chi connectivity index (χ0n) is 11.9. The second kappa shape index (κ2) is 5.75. The largest absolute Gasteiger partial charge is 0.314 e. The second-order valence-corrected chi connectivity index (χ2v) is 5.54. The molecule has 0 amide bonds. The highest BCUT2D eigenvalue weighted by atomic mass is 16.1. The van der Waals surface area contributed by atoms with Crippen LogP contribution in [0.25, 0.3) is 11.0 Å². The van der Waals surface area contributed by atoms with Crippen LogP contribution < -0.4 is 10.9 Å². The molecule has 0 spiro atoms. The van der Waals surface area contributed by atoms with Crippen LogP contribution in [0.3, 0.4) is 0 Å². The summed E-state index contributed by atoms with van der Waals surface area (Å²) < 4.78 is 3.31. The fourth-order valence-corrected chi connectivity index (χ4v) is 2.91. The van der Waals surface area contributed by atoms with Crippen molar-refractivity contribution in [1.29, 1.82) is 0 Å². The third kappa shape index (κ3) is 2.60. The summed E-state index contributed by atoms with van der Waals surface area (Å²) in [4.78, 5) is 16.5. The minimum Gasteiger partial charge on any atom is -0.314 e. The maximum absolute atomic E-state index is 12.2. The van der Waals surface area contributed by atoms with E-state index < -0.39 is 0 Å². The summed E-state index contributed by atoms with van der Waals surface area (Å²) in [5.74, 6) is 0. The Morgan fingerprint density at radius 1 is 1.40 bits per heavy atom. The van der Waals surface area contributed by atoms with Crippen molar-refractivity contribution in [1.82, 2.24) is 24.6 Å². The predicted octanol–water partition coefficient (Wildman–Crippen LogP) is 1.05. The van der Waals surface area contributed by atoms with E-state index in [9.17, 15) is 4.79 Å². The first kappa shape index (κ1) is 13.3. The topological polar surface area (TPSA) is 64.7 Å². The smallest absolute Gasteiger partial charge is 0.264 e. The van der Waals surface area contributed by atoms with Gasteiger partial charge in [-0.1, -0.05) is 12.8 Å². The van der Waals surface area contributed by atoms with Gasteiger partial charge in [0.15, 0.2) is 5.65 Å². The molecule has 2 aromatic heterocycles. The van der Waals surface area contributed by atoms with E-state index in [1.165, 1.54) is 25.7 Å². The molecule has 0 saturated heterocycles. The van der Waals surface area contributed by atoms with E-state index in [-0.39, 0.29) is 5.56 Å². The zero-order valence-corrected chi connectivity index (χ0v) is 11.9. The standard InChI is InChI=1S/C14H21N5O/c1-18-13-12(9-17-18)14(20)19(10-16-13)8-4-7-15-11-5-2-3-6-11/h9-11,15H,2-8H2,1H3. The maximum atomic E-state index is 12.2. The first-order valence-corrected chi connectivity index (χ1v) is 7.36. The number of aryl methyl sites for hydroxylation is 2. The molecule has 2 aromatic rings. The first-order chi connectivity index (χ1) is 9.75. The Morgan fingerprint density at radius 2 is 2.20 bits per heavy atom. The molecule has 2 heterocycles. The minimum absolute atomic E-state index is 0.00367. The summed E-state index contributed by atoms with van der Waals surface area (Å²) in [6.07, 6.45) is 9.45. The number of hydrogen-bond acceptors (Lipinski definition) is 4. The van der Waals surface area contributed by atoms with Crippen molar-refractivity contribution in [2.75, 3.05) is 6.54 Å². The van der Waals surface area contributed by atoms with Gasteiger partial charge in [0.25, 0.3) is 5.56 Å². The average molecular weight is 275 g/mol. The third-order valence-corrected chi connectivity index (χ3v) is 4.08. The fraction of sp³-hybridized carbons (Fsp3) is 0.643. The summed E-state index contributed by atoms with van der Waals surface area (Å²) in [5.41, 5.74) is 0.652. The van der Waals surface area contributed by atoms with E-state index >= 15 is 0 Å². The number of rotatable bonds is 5. The van der Waals surface area contributed by atoms with Gasteiger partial charge in [-0.05, 0) is 25.8 Å². The van der Waals surface area contributed by atoms with Crippen LogP contribution in [-0.4, -0.2) is 31.9 Å². The van der Waals surface area contributed by atoms with Crippen LogP contribution in [0.2, 0.25) is 0 Å². The second-order valence-electron chi connectivity index (χ2n) is 5.54. The van der Waals surface area contributed by atoms with Crippen LogP contribution in [0.5, 0.6) is 0 Å². The molecule has 0 radical (unpaired) electrons. The summed E-state index contributed by atoms with van der Waals surface area (Å²) in [7, 11) is 1.80. The van der Waals surface area contributed by atoms with Gasteiger partial charge < -0.3 is 5.32 Å². The van der Waals surface area contributed by atoms with Gasteiger partial charge in [-0.15, -0.1) is 0 Å². The van der Waals surface area contributed by atoms with Crippen LogP contribution in [0, 0.1) is 0 Å². The van der Waals surface area contributed by atoms with Gasteiger partial charge in [-0.25, -0.2) is 4.98 Å². The van der Waals surface area contributed by atoms with Crippen molar-refractivity contribution in [3.05, 3.63) is 22.9 Å². The highest BCUT2D eigenvalue weighted by Crippen LogP contribution is 2.17. The number of hydrogen-bond donors (Lipinski definition) is 1. The minimum atomic E-state index is 0.00367. The number of fused-ring (bicyclic) bond motifs is 1. The Bertz CT molecular complexity index is 639. The molecule has 1 saturated carbocycles. The van der Waals surface area contributed by atoms with E-state index in [1.54, 1.807) is 28.8 Å². The molecular formula is C14H21N5O. The zero-order chi connectivity index (χ0) is 13.9. The molecule has 3 rings (SSSR count). The Morgan fingerprint density at radius 3 is 3.00 bits per heavy atom. The number of aromatic nitrogens is 4. The van der Waals surface area contributed by atoms with E-state index in [4.69, 9.17) is 0 Å². The Kier molecular flexibility index (Phi) is 3.82. The van der Waals surface area contributed by atoms with Crippen LogP contribution in [0.1, 0.15) is 32.1 Å². The van der Waals surface area contributed by atoms with Crippen molar-refractivity contribution < 1.29 is 0 Å². The van der Waals surface area contributed by atoms with E-state index in [0.29, 0.717) is 23.6 Å². The maximum Gasteiger partial charge on any atom is 0.264 e. The number of nitrogens with zero attached hydrogens (tertiary/aromatic N) is 4. The fourth-order valence-electron chi connectivity index (χ4n) is 2.91. The third-order valence-electron chi connectivity index (χ3n) is 4.08. The lowest BCUT2D eigenvalue weighted by Gasteiger charge is -2.11. The molecule has 6 nitrogen and oxygen atoms in total. The molecule has 0 aliphatic heterocycles. The van der Waals surface area contributed by atoms with Crippen molar-refractivity contribution >= 4 is 11.0 Å². The SMILES string of the molecule is Cn1ncc2c(=O)n(CCCNC3CCCC3)cnc21. The summed E-state index contributed by atoms with van der Waals surface area (Å²) in [5, 5.41) is 8.23. The van der Waals surface area contributed by atoms with E-state index in [2.05, 4.69) is 15.4 Å². The van der Waals surface area contributed by atoms with Gasteiger partial charge in [0.05, 0.1) is 12.5 Å². The summed E-state index contributed by atoms with van der Waals surface area (Å²) in [6, 6.07) is 0.686. The molecule has 0 unspecified atom stereocenters. The first-order valence-electron chi connectivity index (χ1n) is 7.36. The molecular weight excluding hydrogens is 254 g/mol. The molecule has 1 fully saturated rings. The Balaban J connectivity index is 1.60. The van der Waals surface area contributed by atoms with Gasteiger partial charge in [0, 0.05) is 19.6 Å². The van der Waals surface area contributed by atoms with Crippen molar-refractivity contribution in [3.8, 4) is 0 Å². The quantitative estimate of drug-likeness (QED) is 0.829. The summed E-state index contributed by atoms with van der Waals surface area (Å²) >= 11 is 0. The average Bonchev–Trinajstić information content (AvgIpc) is 3.08. The van der Waals surface area contributed by atoms with Crippen LogP contribution in [-0.2, 0) is 13.6 Å². The lowest BCUT2D eigenvalue weighted by Crippen LogP contribution is -2.29. The molecule has 6 heteroatoms. The number of nitrogens with one attached hydrogen (secondary N) is 1. The monoisotopic (exact) mass is 275 g/mol. The highest BCUT2D eigenvalue weighted by molar-refractivity contribution is 5.72. The van der Waals surface area contributed by atoms with Crippen LogP contribution in [0.15, 0.2) is 17.3 Å². The van der Waals surface area contributed by atoms with Gasteiger partial charge in [-0.3, -0.25) is 14.0 Å². The van der Waals surface area contributed by atoms with E-state index in [1.807, 2.05) is 0 Å². The van der Waals surface area contributed by atoms with Gasteiger partial charge >= 0.3 is 0 Å². The van der Waals surface area contributed by atoms with Crippen molar-refractivity contribution in [2.24, 2.45) is 7.05 Å². The molecule has 0 atom stereocenters. The van der Waals surface area contributed by atoms with Gasteiger partial charge in [0.2, 0.25) is 0 Å². The predicted molar refractivity (Wildman–Crippen MR) is 77.6 cm³/mol. The molecule has 20 heavy (non-hydrogen) atoms. The van der Waals surface area contributed by atoms with Gasteiger partial charge in [-0.2, -0.15) is 5.10 Å².